The third-order valence-electron chi connectivity index (χ3n) is 2.54. The molecule has 0 radical (unpaired) electrons. The van der Waals surface area contributed by atoms with Crippen LogP contribution in [0.25, 0.3) is 0 Å². The fourth-order valence-corrected chi connectivity index (χ4v) is 1.83. The van der Waals surface area contributed by atoms with Crippen molar-refractivity contribution in [3.8, 4) is 0 Å². The molecule has 1 amide bonds. The van der Waals surface area contributed by atoms with E-state index in [2.05, 4.69) is 0 Å². The van der Waals surface area contributed by atoms with E-state index in [4.69, 9.17) is 5.11 Å². The van der Waals surface area contributed by atoms with Gasteiger partial charge in [-0.15, -0.1) is 0 Å². The fourth-order valence-electron chi connectivity index (χ4n) is 1.83. The van der Waals surface area contributed by atoms with Crippen molar-refractivity contribution in [1.29, 1.82) is 0 Å². The molecule has 1 fully saturated rings. The zero-order chi connectivity index (χ0) is 10.0. The van der Waals surface area contributed by atoms with Gasteiger partial charge in [0.1, 0.15) is 6.04 Å². The number of nitrogens with zero attached hydrogens (tertiary/aromatic N) is 1. The van der Waals surface area contributed by atoms with E-state index >= 15 is 0 Å². The fraction of sp³-hybridized carbons (Fsp3) is 0.778. The Hall–Kier alpha value is -1.06. The smallest absolute Gasteiger partial charge is 0.326 e. The van der Waals surface area contributed by atoms with Gasteiger partial charge >= 0.3 is 5.97 Å². The van der Waals surface area contributed by atoms with Crippen LogP contribution in [0.5, 0.6) is 0 Å². The summed E-state index contributed by atoms with van der Waals surface area (Å²) in [6.45, 7) is 3.66. The molecule has 0 spiro atoms. The van der Waals surface area contributed by atoms with Gasteiger partial charge in [-0.2, -0.15) is 0 Å². The van der Waals surface area contributed by atoms with Crippen molar-refractivity contribution in [3.05, 3.63) is 0 Å². The van der Waals surface area contributed by atoms with E-state index in [0.29, 0.717) is 12.8 Å². The first-order valence-electron chi connectivity index (χ1n) is 4.62. The number of likely N-dealkylation sites (tertiary alicyclic amines) is 1. The van der Waals surface area contributed by atoms with Gasteiger partial charge in [-0.1, -0.05) is 6.92 Å². The average molecular weight is 185 g/mol. The molecule has 1 rings (SSSR count). The molecular formula is C9H15NO3. The highest BCUT2D eigenvalue weighted by Crippen LogP contribution is 2.24. The Morgan fingerprint density at radius 3 is 2.54 bits per heavy atom. The molecule has 0 aliphatic carbocycles. The molecule has 1 saturated heterocycles. The van der Waals surface area contributed by atoms with Crippen molar-refractivity contribution >= 4 is 11.9 Å². The molecule has 74 valence electrons. The third kappa shape index (κ3) is 1.82. The van der Waals surface area contributed by atoms with E-state index in [1.165, 1.54) is 4.90 Å². The van der Waals surface area contributed by atoms with Crippen LogP contribution in [-0.2, 0) is 9.59 Å². The second-order valence-corrected chi connectivity index (χ2v) is 3.43. The van der Waals surface area contributed by atoms with Crippen LogP contribution in [0.15, 0.2) is 0 Å². The molecule has 1 aliphatic heterocycles. The predicted molar refractivity (Wildman–Crippen MR) is 47.3 cm³/mol. The number of carbonyl (C=O) groups is 2. The summed E-state index contributed by atoms with van der Waals surface area (Å²) in [5.74, 6) is -0.941. The maximum atomic E-state index is 11.4. The normalized spacial score (nSPS) is 27.7. The molecule has 0 aromatic carbocycles. The number of carboxylic acids is 1. The molecule has 1 aliphatic rings. The lowest BCUT2D eigenvalue weighted by molar-refractivity contribution is -0.149. The van der Waals surface area contributed by atoms with Crippen molar-refractivity contribution in [2.24, 2.45) is 0 Å². The van der Waals surface area contributed by atoms with E-state index < -0.39 is 12.0 Å². The highest BCUT2D eigenvalue weighted by atomic mass is 16.4. The van der Waals surface area contributed by atoms with Crippen LogP contribution in [0, 0.1) is 0 Å². The summed E-state index contributed by atoms with van der Waals surface area (Å²) >= 11 is 0. The molecule has 1 unspecified atom stereocenters. The highest BCUT2D eigenvalue weighted by Gasteiger charge is 2.37. The Morgan fingerprint density at radius 1 is 1.46 bits per heavy atom. The van der Waals surface area contributed by atoms with E-state index in [1.54, 1.807) is 6.92 Å². The summed E-state index contributed by atoms with van der Waals surface area (Å²) in [6.07, 6.45) is 1.76. The van der Waals surface area contributed by atoms with Crippen molar-refractivity contribution < 1.29 is 14.7 Å². The second kappa shape index (κ2) is 3.77. The Labute approximate surface area is 77.5 Å². The zero-order valence-electron chi connectivity index (χ0n) is 7.99. The number of hydrogen-bond donors (Lipinski definition) is 1. The number of aliphatic carboxylic acids is 1. The van der Waals surface area contributed by atoms with Crippen LogP contribution < -0.4 is 0 Å². The SMILES string of the molecule is CCC(=O)N1C(C)CC[C@H]1C(=O)O. The van der Waals surface area contributed by atoms with Gasteiger partial charge in [0.2, 0.25) is 5.91 Å². The number of carbonyl (C=O) groups excluding carboxylic acids is 1. The summed E-state index contributed by atoms with van der Waals surface area (Å²) in [7, 11) is 0. The molecule has 4 heteroatoms. The van der Waals surface area contributed by atoms with Crippen molar-refractivity contribution in [3.63, 3.8) is 0 Å². The van der Waals surface area contributed by atoms with Gasteiger partial charge in [-0.05, 0) is 19.8 Å². The minimum Gasteiger partial charge on any atom is -0.480 e. The van der Waals surface area contributed by atoms with Gasteiger partial charge in [0.05, 0.1) is 0 Å². The van der Waals surface area contributed by atoms with Crippen LogP contribution in [0.1, 0.15) is 33.1 Å². The molecule has 2 atom stereocenters. The first-order valence-corrected chi connectivity index (χ1v) is 4.62. The molecule has 1 heterocycles. The lowest BCUT2D eigenvalue weighted by Gasteiger charge is -2.25. The Bertz CT molecular complexity index is 227. The Kier molecular flexibility index (Phi) is 2.90. The van der Waals surface area contributed by atoms with Gasteiger partial charge < -0.3 is 10.0 Å². The lowest BCUT2D eigenvalue weighted by Crippen LogP contribution is -2.43. The summed E-state index contributed by atoms with van der Waals surface area (Å²) in [4.78, 5) is 23.7. The number of rotatable bonds is 2. The van der Waals surface area contributed by atoms with Gasteiger partial charge in [0.25, 0.3) is 0 Å². The van der Waals surface area contributed by atoms with Crippen LogP contribution in [0.3, 0.4) is 0 Å². The van der Waals surface area contributed by atoms with Gasteiger partial charge in [-0.3, -0.25) is 4.79 Å². The lowest BCUT2D eigenvalue weighted by atomic mass is 10.2. The monoisotopic (exact) mass is 185 g/mol. The summed E-state index contributed by atoms with van der Waals surface area (Å²) in [5.41, 5.74) is 0. The summed E-state index contributed by atoms with van der Waals surface area (Å²) < 4.78 is 0. The van der Waals surface area contributed by atoms with Gasteiger partial charge in [0, 0.05) is 12.5 Å². The number of amides is 1. The van der Waals surface area contributed by atoms with E-state index in [1.807, 2.05) is 6.92 Å². The van der Waals surface area contributed by atoms with Crippen LogP contribution in [0.4, 0.5) is 0 Å². The molecule has 0 saturated carbocycles. The van der Waals surface area contributed by atoms with Gasteiger partial charge in [0.15, 0.2) is 0 Å². The van der Waals surface area contributed by atoms with E-state index in [9.17, 15) is 9.59 Å². The minimum atomic E-state index is -0.883. The second-order valence-electron chi connectivity index (χ2n) is 3.43. The average Bonchev–Trinajstić information content (AvgIpc) is 2.46. The molecule has 1 N–H and O–H groups in total. The van der Waals surface area contributed by atoms with Crippen LogP contribution in [-0.4, -0.2) is 34.0 Å². The summed E-state index contributed by atoms with van der Waals surface area (Å²) in [5, 5.41) is 8.85. The maximum absolute atomic E-state index is 11.4. The first-order chi connectivity index (χ1) is 6.07. The van der Waals surface area contributed by atoms with E-state index in [-0.39, 0.29) is 11.9 Å². The van der Waals surface area contributed by atoms with Crippen LogP contribution >= 0.6 is 0 Å². The highest BCUT2D eigenvalue weighted by molar-refractivity contribution is 5.84. The molecule has 4 nitrogen and oxygen atoms in total. The molecular weight excluding hydrogens is 170 g/mol. The molecule has 13 heavy (non-hydrogen) atoms. The molecule has 0 aromatic heterocycles. The van der Waals surface area contributed by atoms with Crippen molar-refractivity contribution in [2.45, 2.75) is 45.2 Å². The maximum Gasteiger partial charge on any atom is 0.326 e. The Morgan fingerprint density at radius 2 is 2.08 bits per heavy atom. The standard InChI is InChI=1S/C9H15NO3/c1-3-8(11)10-6(2)4-5-7(10)9(12)13/h6-7H,3-5H2,1-2H3,(H,12,13)/t6?,7-/m0/s1. The van der Waals surface area contributed by atoms with E-state index in [0.717, 1.165) is 6.42 Å². The Balaban J connectivity index is 2.76. The molecule has 0 bridgehead atoms. The zero-order valence-corrected chi connectivity index (χ0v) is 7.99. The van der Waals surface area contributed by atoms with Crippen LogP contribution in [0.2, 0.25) is 0 Å². The largest absolute Gasteiger partial charge is 0.480 e. The number of hydrogen-bond acceptors (Lipinski definition) is 2. The number of carboxylic acid groups (broad SMARTS) is 1. The molecule has 0 aromatic rings. The van der Waals surface area contributed by atoms with Crippen molar-refractivity contribution in [2.75, 3.05) is 0 Å². The minimum absolute atomic E-state index is 0.0580. The summed E-state index contributed by atoms with van der Waals surface area (Å²) in [6, 6.07) is -0.518. The topological polar surface area (TPSA) is 57.6 Å². The van der Waals surface area contributed by atoms with Gasteiger partial charge in [-0.25, -0.2) is 4.79 Å². The third-order valence-corrected chi connectivity index (χ3v) is 2.54. The van der Waals surface area contributed by atoms with Crippen molar-refractivity contribution in [1.82, 2.24) is 4.90 Å². The quantitative estimate of drug-likeness (QED) is 0.694. The predicted octanol–water partition coefficient (Wildman–Crippen LogP) is 0.861. The first kappa shape index (κ1) is 10.0.